The molecule has 1 aliphatic heterocycles. The molecule has 0 atom stereocenters. The molecule has 0 saturated carbocycles. The Balaban J connectivity index is 1.25. The van der Waals surface area contributed by atoms with Gasteiger partial charge in [-0.2, -0.15) is 0 Å². The van der Waals surface area contributed by atoms with Crippen molar-refractivity contribution in [2.24, 2.45) is 0 Å². The second kappa shape index (κ2) is 9.19. The second-order valence-corrected chi connectivity index (χ2v) is 13.0. The highest BCUT2D eigenvalue weighted by molar-refractivity contribution is 7.26. The van der Waals surface area contributed by atoms with Crippen molar-refractivity contribution in [3.63, 3.8) is 0 Å². The largest absolute Gasteiger partial charge is 0.376 e. The van der Waals surface area contributed by atoms with Gasteiger partial charge in [0.2, 0.25) is 0 Å². The molecule has 40 heavy (non-hydrogen) atoms. The molecule has 0 fully saturated rings. The van der Waals surface area contributed by atoms with Crippen molar-refractivity contribution in [2.45, 2.75) is 6.92 Å². The Morgan fingerprint density at radius 1 is 0.550 bits per heavy atom. The molecule has 1 aliphatic rings. The van der Waals surface area contributed by atoms with Gasteiger partial charge < -0.3 is 4.90 Å². The number of thiophene rings is 2. The van der Waals surface area contributed by atoms with Gasteiger partial charge in [0, 0.05) is 53.9 Å². The zero-order valence-electron chi connectivity index (χ0n) is 22.4. The maximum atomic E-state index is 2.40. The van der Waals surface area contributed by atoms with Gasteiger partial charge in [-0.1, -0.05) is 60.2 Å². The summed E-state index contributed by atoms with van der Waals surface area (Å²) in [5.41, 5.74) is 9.06. The van der Waals surface area contributed by atoms with Crippen LogP contribution in [0.25, 0.3) is 68.2 Å². The van der Waals surface area contributed by atoms with Crippen molar-refractivity contribution < 1.29 is 0 Å². The third-order valence-corrected chi connectivity index (χ3v) is 10.4. The van der Waals surface area contributed by atoms with Crippen molar-refractivity contribution in [2.75, 3.05) is 13.6 Å². The highest BCUT2D eigenvalue weighted by Gasteiger charge is 2.13. The van der Waals surface area contributed by atoms with Crippen LogP contribution in [0.3, 0.4) is 0 Å². The van der Waals surface area contributed by atoms with Crippen molar-refractivity contribution >= 4 is 68.6 Å². The summed E-state index contributed by atoms with van der Waals surface area (Å²) in [5.74, 6) is 0. The van der Waals surface area contributed by atoms with Gasteiger partial charge in [0.25, 0.3) is 0 Å². The summed E-state index contributed by atoms with van der Waals surface area (Å²) >= 11 is 3.77. The van der Waals surface area contributed by atoms with Gasteiger partial charge in [-0.3, -0.25) is 0 Å². The number of fused-ring (bicyclic) bond motifs is 6. The Labute approximate surface area is 241 Å². The first-order valence-corrected chi connectivity index (χ1v) is 15.3. The quantitative estimate of drug-likeness (QED) is 0.212. The van der Waals surface area contributed by atoms with E-state index < -0.39 is 0 Å². The Hall–Kier alpha value is -4.18. The molecule has 0 spiro atoms. The van der Waals surface area contributed by atoms with Gasteiger partial charge in [0.15, 0.2) is 0 Å². The number of hydrogen-bond acceptors (Lipinski definition) is 3. The Bertz CT molecular complexity index is 2170. The third kappa shape index (κ3) is 3.97. The first kappa shape index (κ1) is 23.7. The first-order valence-electron chi connectivity index (χ1n) is 13.7. The topological polar surface area (TPSA) is 3.24 Å². The molecule has 0 bridgehead atoms. The van der Waals surface area contributed by atoms with Crippen LogP contribution < -0.4 is 0 Å². The monoisotopic (exact) mass is 549 g/mol. The van der Waals surface area contributed by atoms with Crippen LogP contribution in [0.1, 0.15) is 11.1 Å². The van der Waals surface area contributed by atoms with Crippen LogP contribution in [0, 0.1) is 6.92 Å². The van der Waals surface area contributed by atoms with E-state index in [1.807, 2.05) is 22.7 Å². The average Bonchev–Trinajstić information content (AvgIpc) is 3.53. The maximum absolute atomic E-state index is 2.40. The standard InChI is InChI=1S/C37H27NS2/c1-23-5-3-6-24(17-23)25-8-12-34-30(18-25)31-19-26(9-13-35(31)39-34)27-10-14-36-32(20-27)33-21-28(11-15-37(33)40-36)29-7-4-16-38(2)22-29/h3-21H,22H2,1-2H3. The number of likely N-dealkylation sites (N-methyl/N-ethyl adjacent to an activating group) is 1. The zero-order valence-corrected chi connectivity index (χ0v) is 24.1. The fraction of sp³-hybridized carbons (Fsp3) is 0.0811. The van der Waals surface area contributed by atoms with E-state index in [0.717, 1.165) is 6.54 Å². The number of nitrogens with zero attached hydrogens (tertiary/aromatic N) is 1. The summed E-state index contributed by atoms with van der Waals surface area (Å²) in [4.78, 5) is 2.23. The summed E-state index contributed by atoms with van der Waals surface area (Å²) in [7, 11) is 2.13. The number of hydrogen-bond donors (Lipinski definition) is 0. The van der Waals surface area contributed by atoms with E-state index in [2.05, 4.69) is 134 Å². The summed E-state index contributed by atoms with van der Waals surface area (Å²) in [5, 5.41) is 5.37. The molecule has 2 aromatic heterocycles. The van der Waals surface area contributed by atoms with Crippen molar-refractivity contribution in [3.8, 4) is 22.3 Å². The molecule has 0 saturated heterocycles. The molecule has 0 amide bonds. The van der Waals surface area contributed by atoms with Crippen molar-refractivity contribution in [1.82, 2.24) is 4.90 Å². The molecule has 3 heterocycles. The first-order chi connectivity index (χ1) is 19.6. The predicted molar refractivity (Wildman–Crippen MR) is 178 cm³/mol. The van der Waals surface area contributed by atoms with E-state index in [9.17, 15) is 0 Å². The molecule has 192 valence electrons. The van der Waals surface area contributed by atoms with Gasteiger partial charge in [-0.05, 0) is 101 Å². The molecule has 0 unspecified atom stereocenters. The van der Waals surface area contributed by atoms with Gasteiger partial charge >= 0.3 is 0 Å². The second-order valence-electron chi connectivity index (χ2n) is 10.9. The van der Waals surface area contributed by atoms with E-state index in [0.29, 0.717) is 0 Å². The van der Waals surface area contributed by atoms with E-state index in [1.54, 1.807) is 0 Å². The van der Waals surface area contributed by atoms with Crippen molar-refractivity contribution in [1.29, 1.82) is 0 Å². The molecule has 5 aromatic carbocycles. The molecule has 0 N–H and O–H groups in total. The summed E-state index contributed by atoms with van der Waals surface area (Å²) < 4.78 is 5.37. The van der Waals surface area contributed by atoms with E-state index >= 15 is 0 Å². The highest BCUT2D eigenvalue weighted by Crippen LogP contribution is 2.41. The van der Waals surface area contributed by atoms with Gasteiger partial charge in [-0.25, -0.2) is 0 Å². The lowest BCUT2D eigenvalue weighted by molar-refractivity contribution is 0.513. The summed E-state index contributed by atoms with van der Waals surface area (Å²) in [6.07, 6.45) is 6.51. The van der Waals surface area contributed by atoms with Gasteiger partial charge in [-0.15, -0.1) is 22.7 Å². The zero-order chi connectivity index (χ0) is 26.8. The molecular weight excluding hydrogens is 523 g/mol. The molecular formula is C37H27NS2. The average molecular weight is 550 g/mol. The van der Waals surface area contributed by atoms with Crippen LogP contribution in [0.2, 0.25) is 0 Å². The lowest BCUT2D eigenvalue weighted by Gasteiger charge is -2.20. The minimum Gasteiger partial charge on any atom is -0.376 e. The number of benzene rings is 5. The van der Waals surface area contributed by atoms with Crippen LogP contribution in [0.4, 0.5) is 0 Å². The predicted octanol–water partition coefficient (Wildman–Crippen LogP) is 10.9. The Morgan fingerprint density at radius 3 is 1.52 bits per heavy atom. The van der Waals surface area contributed by atoms with E-state index in [-0.39, 0.29) is 0 Å². The number of aryl methyl sites for hydroxylation is 1. The Morgan fingerprint density at radius 2 is 1.02 bits per heavy atom. The minimum atomic E-state index is 0.940. The Kier molecular flexibility index (Phi) is 5.44. The fourth-order valence-electron chi connectivity index (χ4n) is 5.99. The molecule has 0 radical (unpaired) electrons. The van der Waals surface area contributed by atoms with Crippen molar-refractivity contribution in [3.05, 3.63) is 127 Å². The lowest BCUT2D eigenvalue weighted by Crippen LogP contribution is -2.15. The van der Waals surface area contributed by atoms with Crippen LogP contribution in [0.5, 0.6) is 0 Å². The number of allylic oxidation sites excluding steroid dienone is 2. The lowest BCUT2D eigenvalue weighted by atomic mass is 9.98. The van der Waals surface area contributed by atoms with Crippen LogP contribution in [0.15, 0.2) is 115 Å². The SMILES string of the molecule is Cc1cccc(-c2ccc3sc4ccc(-c5ccc6sc7ccc(C8=CC=CN(C)C8)cc7c6c5)cc4c3c2)c1. The molecule has 1 nitrogen and oxygen atoms in total. The van der Waals surface area contributed by atoms with Crippen LogP contribution >= 0.6 is 22.7 Å². The normalized spacial score (nSPS) is 13.7. The molecule has 0 aliphatic carbocycles. The highest BCUT2D eigenvalue weighted by atomic mass is 32.1. The summed E-state index contributed by atoms with van der Waals surface area (Å²) in [6.45, 7) is 3.10. The molecule has 8 rings (SSSR count). The third-order valence-electron chi connectivity index (χ3n) is 8.05. The minimum absolute atomic E-state index is 0.940. The van der Waals surface area contributed by atoms with Gasteiger partial charge in [0.05, 0.1) is 0 Å². The number of rotatable bonds is 3. The van der Waals surface area contributed by atoms with Crippen LogP contribution in [-0.2, 0) is 0 Å². The smallest absolute Gasteiger partial charge is 0.0426 e. The molecule has 7 aromatic rings. The van der Waals surface area contributed by atoms with Crippen LogP contribution in [-0.4, -0.2) is 18.5 Å². The van der Waals surface area contributed by atoms with E-state index in [4.69, 9.17) is 0 Å². The summed E-state index contributed by atoms with van der Waals surface area (Å²) in [6, 6.07) is 36.6. The van der Waals surface area contributed by atoms with E-state index in [1.165, 1.54) is 79.3 Å². The maximum Gasteiger partial charge on any atom is 0.0426 e. The fourth-order valence-corrected chi connectivity index (χ4v) is 8.12. The molecule has 3 heteroatoms. The van der Waals surface area contributed by atoms with Gasteiger partial charge in [0.1, 0.15) is 0 Å².